The first kappa shape index (κ1) is 14.6. The van der Waals surface area contributed by atoms with E-state index in [-0.39, 0.29) is 30.4 Å². The van der Waals surface area contributed by atoms with Crippen LogP contribution in [0.15, 0.2) is 18.2 Å². The Morgan fingerprint density at radius 2 is 1.93 bits per heavy atom. The van der Waals surface area contributed by atoms with Crippen LogP contribution in [0.25, 0.3) is 0 Å². The highest BCUT2D eigenvalue weighted by molar-refractivity contribution is 5.85. The number of rotatable bonds is 0. The number of anilines is 1. The molecule has 0 aromatic heterocycles. The minimum atomic E-state index is -0.178. The molecule has 1 aliphatic rings. The first-order valence-electron chi connectivity index (χ1n) is 4.69. The Labute approximate surface area is 103 Å². The summed E-state index contributed by atoms with van der Waals surface area (Å²) in [6, 6.07) is 6.04. The van der Waals surface area contributed by atoms with Gasteiger partial charge < -0.3 is 11.5 Å². The molecule has 0 heterocycles. The summed E-state index contributed by atoms with van der Waals surface area (Å²) in [5.41, 5.74) is 15.2. The third-order valence-electron chi connectivity index (χ3n) is 3.26. The minimum absolute atomic E-state index is 0. The molecule has 0 aliphatic heterocycles. The lowest BCUT2D eigenvalue weighted by Gasteiger charge is -2.24. The van der Waals surface area contributed by atoms with E-state index in [0.29, 0.717) is 5.92 Å². The van der Waals surface area contributed by atoms with E-state index in [1.165, 1.54) is 11.1 Å². The van der Waals surface area contributed by atoms with Crippen molar-refractivity contribution in [1.29, 1.82) is 0 Å². The maximum atomic E-state index is 6.24. The maximum absolute atomic E-state index is 6.24. The van der Waals surface area contributed by atoms with Crippen LogP contribution in [-0.4, -0.2) is 0 Å². The zero-order valence-corrected chi connectivity index (χ0v) is 10.6. The van der Waals surface area contributed by atoms with E-state index in [1.54, 1.807) is 0 Å². The molecule has 0 radical (unpaired) electrons. The van der Waals surface area contributed by atoms with Crippen molar-refractivity contribution in [1.82, 2.24) is 0 Å². The van der Waals surface area contributed by atoms with Crippen LogP contribution in [0.5, 0.6) is 0 Å². The Morgan fingerprint density at radius 1 is 1.33 bits per heavy atom. The van der Waals surface area contributed by atoms with Gasteiger partial charge in [0.1, 0.15) is 0 Å². The Kier molecular flexibility index (Phi) is 4.47. The molecule has 15 heavy (non-hydrogen) atoms. The molecule has 2 atom stereocenters. The summed E-state index contributed by atoms with van der Waals surface area (Å²) in [7, 11) is 0. The summed E-state index contributed by atoms with van der Waals surface area (Å²) in [6.07, 6.45) is 1.05. The van der Waals surface area contributed by atoms with Gasteiger partial charge in [-0.15, -0.1) is 24.8 Å². The molecule has 1 aliphatic carbocycles. The highest BCUT2D eigenvalue weighted by atomic mass is 35.5. The summed E-state index contributed by atoms with van der Waals surface area (Å²) in [4.78, 5) is 0. The average molecular weight is 249 g/mol. The molecule has 2 rings (SSSR count). The fourth-order valence-electron chi connectivity index (χ4n) is 2.12. The SMILES string of the molecule is CC1Cc2cc(N)ccc2C1(C)N.Cl.Cl. The molecule has 0 bridgehead atoms. The van der Waals surface area contributed by atoms with E-state index in [4.69, 9.17) is 11.5 Å². The largest absolute Gasteiger partial charge is 0.399 e. The summed E-state index contributed by atoms with van der Waals surface area (Å²) < 4.78 is 0. The molecule has 1 aromatic rings. The van der Waals surface area contributed by atoms with Gasteiger partial charge in [0.05, 0.1) is 0 Å². The highest BCUT2D eigenvalue weighted by Crippen LogP contribution is 2.39. The van der Waals surface area contributed by atoms with Crippen molar-refractivity contribution in [2.45, 2.75) is 25.8 Å². The van der Waals surface area contributed by atoms with Crippen molar-refractivity contribution in [3.63, 3.8) is 0 Å². The summed E-state index contributed by atoms with van der Waals surface area (Å²) >= 11 is 0. The van der Waals surface area contributed by atoms with E-state index in [2.05, 4.69) is 19.9 Å². The molecule has 2 unspecified atom stereocenters. The summed E-state index contributed by atoms with van der Waals surface area (Å²) in [5, 5.41) is 0. The third-order valence-corrected chi connectivity index (χ3v) is 3.26. The fourth-order valence-corrected chi connectivity index (χ4v) is 2.12. The van der Waals surface area contributed by atoms with Gasteiger partial charge in [-0.25, -0.2) is 0 Å². The molecule has 0 saturated heterocycles. The van der Waals surface area contributed by atoms with Gasteiger partial charge in [0.15, 0.2) is 0 Å². The van der Waals surface area contributed by atoms with Gasteiger partial charge in [-0.05, 0) is 42.5 Å². The van der Waals surface area contributed by atoms with Crippen LogP contribution in [-0.2, 0) is 12.0 Å². The second-order valence-corrected chi connectivity index (χ2v) is 4.30. The van der Waals surface area contributed by atoms with E-state index in [1.807, 2.05) is 12.1 Å². The van der Waals surface area contributed by atoms with Crippen molar-refractivity contribution in [2.24, 2.45) is 11.7 Å². The van der Waals surface area contributed by atoms with Gasteiger partial charge in [-0.3, -0.25) is 0 Å². The predicted molar refractivity (Wildman–Crippen MR) is 69.8 cm³/mol. The normalized spacial score (nSPS) is 27.5. The monoisotopic (exact) mass is 248 g/mol. The number of hydrogen-bond acceptors (Lipinski definition) is 2. The van der Waals surface area contributed by atoms with E-state index >= 15 is 0 Å². The Bertz CT molecular complexity index is 350. The van der Waals surface area contributed by atoms with Gasteiger partial charge >= 0.3 is 0 Å². The van der Waals surface area contributed by atoms with Crippen LogP contribution in [0.3, 0.4) is 0 Å². The van der Waals surface area contributed by atoms with Crippen molar-refractivity contribution in [3.05, 3.63) is 29.3 Å². The first-order chi connectivity index (χ1) is 6.01. The summed E-state index contributed by atoms with van der Waals surface area (Å²) in [5.74, 6) is 0.504. The van der Waals surface area contributed by atoms with Crippen molar-refractivity contribution >= 4 is 30.5 Å². The molecular formula is C11H18Cl2N2. The quantitative estimate of drug-likeness (QED) is 0.694. The number of halogens is 2. The van der Waals surface area contributed by atoms with Gasteiger partial charge in [-0.2, -0.15) is 0 Å². The Morgan fingerprint density at radius 3 is 2.53 bits per heavy atom. The van der Waals surface area contributed by atoms with E-state index < -0.39 is 0 Å². The molecule has 0 saturated carbocycles. The lowest BCUT2D eigenvalue weighted by Crippen LogP contribution is -2.36. The first-order valence-corrected chi connectivity index (χ1v) is 4.69. The molecular weight excluding hydrogens is 231 g/mol. The molecule has 4 N–H and O–H groups in total. The Balaban J connectivity index is 0.000000980. The number of nitrogen functional groups attached to an aromatic ring is 1. The molecule has 86 valence electrons. The van der Waals surface area contributed by atoms with Gasteiger partial charge in [0.25, 0.3) is 0 Å². The van der Waals surface area contributed by atoms with Crippen LogP contribution >= 0.6 is 24.8 Å². The maximum Gasteiger partial charge on any atom is 0.0412 e. The molecule has 0 spiro atoms. The van der Waals surface area contributed by atoms with Crippen LogP contribution in [0.4, 0.5) is 5.69 Å². The van der Waals surface area contributed by atoms with Crippen LogP contribution in [0.1, 0.15) is 25.0 Å². The molecule has 2 nitrogen and oxygen atoms in total. The van der Waals surface area contributed by atoms with Crippen molar-refractivity contribution < 1.29 is 0 Å². The van der Waals surface area contributed by atoms with Crippen molar-refractivity contribution in [2.75, 3.05) is 5.73 Å². The van der Waals surface area contributed by atoms with Gasteiger partial charge in [-0.1, -0.05) is 13.0 Å². The topological polar surface area (TPSA) is 52.0 Å². The molecule has 0 fully saturated rings. The van der Waals surface area contributed by atoms with Gasteiger partial charge in [0, 0.05) is 11.2 Å². The van der Waals surface area contributed by atoms with Gasteiger partial charge in [0.2, 0.25) is 0 Å². The van der Waals surface area contributed by atoms with E-state index in [9.17, 15) is 0 Å². The number of benzene rings is 1. The predicted octanol–water partition coefficient (Wildman–Crippen LogP) is 2.48. The molecule has 0 amide bonds. The van der Waals surface area contributed by atoms with Crippen molar-refractivity contribution in [3.8, 4) is 0 Å². The van der Waals surface area contributed by atoms with Crippen LogP contribution in [0, 0.1) is 5.92 Å². The summed E-state index contributed by atoms with van der Waals surface area (Å²) in [6.45, 7) is 4.29. The zero-order valence-electron chi connectivity index (χ0n) is 8.99. The fraction of sp³-hybridized carbons (Fsp3) is 0.455. The minimum Gasteiger partial charge on any atom is -0.399 e. The molecule has 4 heteroatoms. The third kappa shape index (κ3) is 2.22. The van der Waals surface area contributed by atoms with Crippen LogP contribution < -0.4 is 11.5 Å². The second-order valence-electron chi connectivity index (χ2n) is 4.30. The number of nitrogens with two attached hydrogens (primary N) is 2. The number of fused-ring (bicyclic) bond motifs is 1. The Hall–Kier alpha value is -0.440. The second kappa shape index (κ2) is 4.60. The van der Waals surface area contributed by atoms with E-state index in [0.717, 1.165) is 12.1 Å². The molecule has 1 aromatic carbocycles. The highest BCUT2D eigenvalue weighted by Gasteiger charge is 2.36. The van der Waals surface area contributed by atoms with Crippen LogP contribution in [0.2, 0.25) is 0 Å². The zero-order chi connectivity index (χ0) is 9.64. The average Bonchev–Trinajstić information content (AvgIpc) is 2.23. The lowest BCUT2D eigenvalue weighted by molar-refractivity contribution is 0.358. The smallest absolute Gasteiger partial charge is 0.0412 e. The standard InChI is InChI=1S/C11H16N2.2ClH/c1-7-5-8-6-9(12)3-4-10(8)11(7,2)13;;/h3-4,6-7H,5,12-13H2,1-2H3;2*1H. The lowest BCUT2D eigenvalue weighted by atomic mass is 9.88. The number of hydrogen-bond donors (Lipinski definition) is 2.